The fraction of sp³-hybridized carbons (Fsp3) is 0.368. The highest BCUT2D eigenvalue weighted by molar-refractivity contribution is 5.89. The van der Waals surface area contributed by atoms with Crippen molar-refractivity contribution in [2.45, 2.75) is 44.9 Å². The zero-order chi connectivity index (χ0) is 18.7. The molecule has 0 saturated heterocycles. The number of hydrogen-bond acceptors (Lipinski definition) is 3. The predicted molar refractivity (Wildman–Crippen MR) is 88.3 cm³/mol. The van der Waals surface area contributed by atoms with Gasteiger partial charge in [-0.05, 0) is 36.8 Å². The third-order valence-electron chi connectivity index (χ3n) is 4.12. The number of carbonyl (C=O) groups is 1. The highest BCUT2D eigenvalue weighted by atomic mass is 19.4. The van der Waals surface area contributed by atoms with Crippen LogP contribution < -0.4 is 0 Å². The minimum atomic E-state index is -4.46. The first-order chi connectivity index (χ1) is 11.6. The summed E-state index contributed by atoms with van der Waals surface area (Å²) in [6.07, 6.45) is -5.50. The molecular weight excluding hydrogens is 331 g/mol. The molecule has 2 rings (SSSR count). The number of nitrogens with zero attached hydrogens (tertiary/aromatic N) is 1. The Bertz CT molecular complexity index is 727. The van der Waals surface area contributed by atoms with Crippen LogP contribution in [0.25, 0.3) is 0 Å². The van der Waals surface area contributed by atoms with E-state index in [1.54, 1.807) is 51.1 Å². The maximum atomic E-state index is 13.1. The number of pyridine rings is 1. The molecule has 0 N–H and O–H groups in total. The standard InChI is InChI=1S/C19H20F3NO2/c1-13-11-15(9-10-23-13)18(2,3)16(12-19(20,21)22)25-17(24)14-7-5-4-6-8-14/h4-11,16H,12H2,1-3H3. The second-order valence-corrected chi connectivity index (χ2v) is 6.49. The molecule has 2 aromatic rings. The molecule has 3 nitrogen and oxygen atoms in total. The van der Waals surface area contributed by atoms with E-state index in [4.69, 9.17) is 4.74 Å². The van der Waals surface area contributed by atoms with Crippen LogP contribution in [-0.2, 0) is 10.2 Å². The van der Waals surface area contributed by atoms with E-state index in [-0.39, 0.29) is 5.56 Å². The summed E-state index contributed by atoms with van der Waals surface area (Å²) in [6.45, 7) is 5.03. The number of aryl methyl sites for hydroxylation is 1. The van der Waals surface area contributed by atoms with E-state index >= 15 is 0 Å². The Morgan fingerprint density at radius 2 is 1.80 bits per heavy atom. The lowest BCUT2D eigenvalue weighted by Gasteiger charge is -2.35. The van der Waals surface area contributed by atoms with Crippen molar-refractivity contribution >= 4 is 5.97 Å². The highest BCUT2D eigenvalue weighted by Crippen LogP contribution is 2.36. The Balaban J connectivity index is 2.33. The summed E-state index contributed by atoms with van der Waals surface area (Å²) in [7, 11) is 0. The van der Waals surface area contributed by atoms with Gasteiger partial charge in [-0.3, -0.25) is 4.98 Å². The molecule has 0 bridgehead atoms. The quantitative estimate of drug-likeness (QED) is 0.723. The predicted octanol–water partition coefficient (Wildman–Crippen LogP) is 4.85. The smallest absolute Gasteiger partial charge is 0.392 e. The van der Waals surface area contributed by atoms with Gasteiger partial charge in [0.2, 0.25) is 0 Å². The van der Waals surface area contributed by atoms with Crippen LogP contribution in [0.4, 0.5) is 13.2 Å². The summed E-state index contributed by atoms with van der Waals surface area (Å²) in [5.41, 5.74) is 0.505. The van der Waals surface area contributed by atoms with Gasteiger partial charge in [0.25, 0.3) is 0 Å². The maximum absolute atomic E-state index is 13.1. The SMILES string of the molecule is Cc1cc(C(C)(C)C(CC(F)(F)F)OC(=O)c2ccccc2)ccn1. The normalized spacial score (nSPS) is 13.4. The molecule has 25 heavy (non-hydrogen) atoms. The van der Waals surface area contributed by atoms with Gasteiger partial charge in [0, 0.05) is 17.3 Å². The van der Waals surface area contributed by atoms with Gasteiger partial charge in [0.1, 0.15) is 6.10 Å². The lowest BCUT2D eigenvalue weighted by atomic mass is 9.78. The molecule has 134 valence electrons. The second kappa shape index (κ2) is 7.25. The molecule has 1 unspecified atom stereocenters. The molecule has 1 heterocycles. The van der Waals surface area contributed by atoms with E-state index in [0.717, 1.165) is 0 Å². The average molecular weight is 351 g/mol. The van der Waals surface area contributed by atoms with Crippen LogP contribution in [0.1, 0.15) is 41.9 Å². The van der Waals surface area contributed by atoms with Crippen LogP contribution in [0.5, 0.6) is 0 Å². The first-order valence-electron chi connectivity index (χ1n) is 7.85. The van der Waals surface area contributed by atoms with Crippen molar-refractivity contribution in [1.82, 2.24) is 4.98 Å². The first-order valence-corrected chi connectivity index (χ1v) is 7.85. The Kier molecular flexibility index (Phi) is 5.50. The van der Waals surface area contributed by atoms with Gasteiger partial charge in [-0.1, -0.05) is 32.0 Å². The zero-order valence-electron chi connectivity index (χ0n) is 14.3. The molecular formula is C19H20F3NO2. The van der Waals surface area contributed by atoms with Crippen LogP contribution in [0, 0.1) is 6.92 Å². The number of halogens is 3. The number of benzene rings is 1. The maximum Gasteiger partial charge on any atom is 0.392 e. The van der Waals surface area contributed by atoms with Crippen molar-refractivity contribution in [3.8, 4) is 0 Å². The monoisotopic (exact) mass is 351 g/mol. The minimum Gasteiger partial charge on any atom is -0.457 e. The van der Waals surface area contributed by atoms with E-state index in [0.29, 0.717) is 11.3 Å². The number of rotatable bonds is 5. The van der Waals surface area contributed by atoms with Gasteiger partial charge < -0.3 is 4.74 Å². The molecule has 0 fully saturated rings. The molecule has 1 aromatic carbocycles. The van der Waals surface area contributed by atoms with Gasteiger partial charge in [0.05, 0.1) is 12.0 Å². The van der Waals surface area contributed by atoms with Crippen LogP contribution in [-0.4, -0.2) is 23.2 Å². The number of esters is 1. The molecule has 6 heteroatoms. The Hall–Kier alpha value is -2.37. The van der Waals surface area contributed by atoms with Gasteiger partial charge in [-0.25, -0.2) is 4.79 Å². The topological polar surface area (TPSA) is 39.2 Å². The molecule has 1 aromatic heterocycles. The van der Waals surface area contributed by atoms with Gasteiger partial charge in [-0.15, -0.1) is 0 Å². The number of alkyl halides is 3. The number of ether oxygens (including phenoxy) is 1. The van der Waals surface area contributed by atoms with Crippen molar-refractivity contribution in [2.24, 2.45) is 0 Å². The average Bonchev–Trinajstić information content (AvgIpc) is 2.53. The van der Waals surface area contributed by atoms with Crippen LogP contribution in [0.15, 0.2) is 48.7 Å². The molecule has 1 atom stereocenters. The van der Waals surface area contributed by atoms with Crippen molar-refractivity contribution in [2.75, 3.05) is 0 Å². The Morgan fingerprint density at radius 1 is 1.16 bits per heavy atom. The third-order valence-corrected chi connectivity index (χ3v) is 4.12. The summed E-state index contributed by atoms with van der Waals surface area (Å²) >= 11 is 0. The molecule has 0 aliphatic carbocycles. The highest BCUT2D eigenvalue weighted by Gasteiger charge is 2.43. The van der Waals surface area contributed by atoms with Crippen molar-refractivity contribution < 1.29 is 22.7 Å². The molecule has 0 aliphatic heterocycles. The summed E-state index contributed by atoms with van der Waals surface area (Å²) < 4.78 is 44.5. The largest absolute Gasteiger partial charge is 0.457 e. The molecule has 0 amide bonds. The van der Waals surface area contributed by atoms with Crippen molar-refractivity contribution in [1.29, 1.82) is 0 Å². The number of hydrogen-bond donors (Lipinski definition) is 0. The summed E-state index contributed by atoms with van der Waals surface area (Å²) in [6, 6.07) is 11.4. The van der Waals surface area contributed by atoms with Crippen molar-refractivity contribution in [3.05, 3.63) is 65.5 Å². The molecule has 0 aliphatic rings. The fourth-order valence-corrected chi connectivity index (χ4v) is 2.56. The van der Waals surface area contributed by atoms with E-state index in [2.05, 4.69) is 4.98 Å². The second-order valence-electron chi connectivity index (χ2n) is 6.49. The zero-order valence-corrected chi connectivity index (χ0v) is 14.3. The van der Waals surface area contributed by atoms with Crippen molar-refractivity contribution in [3.63, 3.8) is 0 Å². The summed E-state index contributed by atoms with van der Waals surface area (Å²) in [5.74, 6) is -0.770. The Labute approximate surface area is 144 Å². The lowest BCUT2D eigenvalue weighted by Crippen LogP contribution is -2.41. The van der Waals surface area contributed by atoms with Crippen LogP contribution in [0.2, 0.25) is 0 Å². The van der Waals surface area contributed by atoms with Gasteiger partial charge >= 0.3 is 12.1 Å². The van der Waals surface area contributed by atoms with E-state index in [1.807, 2.05) is 0 Å². The van der Waals surface area contributed by atoms with Gasteiger partial charge in [0.15, 0.2) is 0 Å². The third kappa shape index (κ3) is 5.05. The molecule has 0 radical (unpaired) electrons. The van der Waals surface area contributed by atoms with E-state index in [1.165, 1.54) is 18.3 Å². The lowest BCUT2D eigenvalue weighted by molar-refractivity contribution is -0.161. The minimum absolute atomic E-state index is 0.219. The number of carbonyl (C=O) groups excluding carboxylic acids is 1. The van der Waals surface area contributed by atoms with E-state index < -0.39 is 30.1 Å². The van der Waals surface area contributed by atoms with E-state index in [9.17, 15) is 18.0 Å². The fourth-order valence-electron chi connectivity index (χ4n) is 2.56. The van der Waals surface area contributed by atoms with Crippen LogP contribution in [0.3, 0.4) is 0 Å². The molecule has 0 saturated carbocycles. The molecule has 0 spiro atoms. The Morgan fingerprint density at radius 3 is 2.36 bits per heavy atom. The van der Waals surface area contributed by atoms with Crippen LogP contribution >= 0.6 is 0 Å². The number of aromatic nitrogens is 1. The van der Waals surface area contributed by atoms with Gasteiger partial charge in [-0.2, -0.15) is 13.2 Å². The summed E-state index contributed by atoms with van der Waals surface area (Å²) in [4.78, 5) is 16.3. The summed E-state index contributed by atoms with van der Waals surface area (Å²) in [5, 5.41) is 0. The first kappa shape index (κ1) is 19.0.